The van der Waals surface area contributed by atoms with Crippen LogP contribution in [0.2, 0.25) is 0 Å². The first-order valence-corrected chi connectivity index (χ1v) is 5.23. The molecule has 2 N–H and O–H groups in total. The molecule has 1 atom stereocenters. The molecule has 0 spiro atoms. The minimum atomic E-state index is -0.0169. The average molecular weight is 291 g/mol. The molecule has 0 aliphatic heterocycles. The lowest BCUT2D eigenvalue weighted by Crippen LogP contribution is -2.17. The summed E-state index contributed by atoms with van der Waals surface area (Å²) in [6, 6.07) is 6.27. The van der Waals surface area contributed by atoms with Gasteiger partial charge in [0.25, 0.3) is 0 Å². The smallest absolute Gasteiger partial charge is 0.0655 e. The molecule has 0 radical (unpaired) electrons. The quantitative estimate of drug-likeness (QED) is 0.867. The molecule has 13 heavy (non-hydrogen) atoms. The highest BCUT2D eigenvalue weighted by Crippen LogP contribution is 2.19. The molecule has 2 nitrogen and oxygen atoms in total. The Balaban J connectivity index is 2.91. The van der Waals surface area contributed by atoms with E-state index >= 15 is 0 Å². The molecule has 0 saturated carbocycles. The van der Waals surface area contributed by atoms with Crippen LogP contribution in [0, 0.1) is 10.5 Å². The van der Waals surface area contributed by atoms with Gasteiger partial charge < -0.3 is 10.5 Å². The summed E-state index contributed by atoms with van der Waals surface area (Å²) in [5.74, 6) is 0. The summed E-state index contributed by atoms with van der Waals surface area (Å²) < 4.78 is 6.23. The van der Waals surface area contributed by atoms with Crippen LogP contribution in [0.4, 0.5) is 0 Å². The first-order valence-electron chi connectivity index (χ1n) is 4.15. The van der Waals surface area contributed by atoms with E-state index in [2.05, 4.69) is 47.7 Å². The Bertz CT molecular complexity index is 288. The first kappa shape index (κ1) is 10.9. The van der Waals surface area contributed by atoms with Gasteiger partial charge in [0.05, 0.1) is 12.6 Å². The van der Waals surface area contributed by atoms with Crippen LogP contribution >= 0.6 is 22.6 Å². The molecule has 0 aromatic heterocycles. The fourth-order valence-corrected chi connectivity index (χ4v) is 1.95. The highest BCUT2D eigenvalue weighted by Gasteiger charge is 2.08. The van der Waals surface area contributed by atoms with Gasteiger partial charge >= 0.3 is 0 Å². The van der Waals surface area contributed by atoms with Gasteiger partial charge in [-0.3, -0.25) is 0 Å². The van der Waals surface area contributed by atoms with Gasteiger partial charge in [-0.15, -0.1) is 0 Å². The molecule has 0 fully saturated rings. The Morgan fingerprint density at radius 3 is 2.85 bits per heavy atom. The van der Waals surface area contributed by atoms with Crippen molar-refractivity contribution in [3.8, 4) is 0 Å². The Hall–Kier alpha value is -0.130. The largest absolute Gasteiger partial charge is 0.383 e. The number of halogens is 1. The predicted molar refractivity (Wildman–Crippen MR) is 62.7 cm³/mol. The maximum Gasteiger partial charge on any atom is 0.0655 e. The van der Waals surface area contributed by atoms with Gasteiger partial charge in [0.2, 0.25) is 0 Å². The van der Waals surface area contributed by atoms with Crippen molar-refractivity contribution in [3.63, 3.8) is 0 Å². The van der Waals surface area contributed by atoms with E-state index in [-0.39, 0.29) is 6.04 Å². The zero-order valence-electron chi connectivity index (χ0n) is 7.88. The molecule has 0 bridgehead atoms. The van der Waals surface area contributed by atoms with E-state index in [0.29, 0.717) is 6.61 Å². The molecule has 1 aromatic rings. The van der Waals surface area contributed by atoms with Crippen molar-refractivity contribution >= 4 is 22.6 Å². The Kier molecular flexibility index (Phi) is 4.15. The minimum Gasteiger partial charge on any atom is -0.383 e. The van der Waals surface area contributed by atoms with E-state index in [1.807, 2.05) is 0 Å². The number of methoxy groups -OCH3 is 1. The fourth-order valence-electron chi connectivity index (χ4n) is 1.22. The lowest BCUT2D eigenvalue weighted by Gasteiger charge is -2.13. The van der Waals surface area contributed by atoms with Gasteiger partial charge in [-0.05, 0) is 41.1 Å². The molecule has 0 amide bonds. The Morgan fingerprint density at radius 1 is 1.54 bits per heavy atom. The highest BCUT2D eigenvalue weighted by atomic mass is 127. The number of ether oxygens (including phenoxy) is 1. The highest BCUT2D eigenvalue weighted by molar-refractivity contribution is 14.1. The van der Waals surface area contributed by atoms with E-state index in [1.54, 1.807) is 7.11 Å². The molecule has 0 heterocycles. The van der Waals surface area contributed by atoms with Crippen LogP contribution < -0.4 is 5.73 Å². The molecule has 1 rings (SSSR count). The fraction of sp³-hybridized carbons (Fsp3) is 0.400. The maximum absolute atomic E-state index is 5.95. The number of benzene rings is 1. The second-order valence-electron chi connectivity index (χ2n) is 3.09. The lowest BCUT2D eigenvalue weighted by molar-refractivity contribution is 0.180. The standard InChI is InChI=1S/C10H14INO/c1-7-3-4-9(11)8(5-7)10(12)6-13-2/h3-5,10H,6,12H2,1-2H3. The van der Waals surface area contributed by atoms with Crippen molar-refractivity contribution < 1.29 is 4.74 Å². The van der Waals surface area contributed by atoms with E-state index in [9.17, 15) is 0 Å². The number of hydrogen-bond acceptors (Lipinski definition) is 2. The van der Waals surface area contributed by atoms with E-state index < -0.39 is 0 Å². The average Bonchev–Trinajstić information content (AvgIpc) is 2.09. The maximum atomic E-state index is 5.95. The van der Waals surface area contributed by atoms with Crippen LogP contribution in [0.1, 0.15) is 17.2 Å². The summed E-state index contributed by atoms with van der Waals surface area (Å²) in [6.45, 7) is 2.64. The third kappa shape index (κ3) is 2.93. The summed E-state index contributed by atoms with van der Waals surface area (Å²) >= 11 is 2.30. The van der Waals surface area contributed by atoms with Gasteiger partial charge in [-0.1, -0.05) is 17.7 Å². The molecule has 1 unspecified atom stereocenters. The number of nitrogens with two attached hydrogens (primary N) is 1. The van der Waals surface area contributed by atoms with Crippen molar-refractivity contribution in [2.45, 2.75) is 13.0 Å². The summed E-state index contributed by atoms with van der Waals surface area (Å²) in [6.07, 6.45) is 0. The van der Waals surface area contributed by atoms with Crippen LogP contribution in [-0.2, 0) is 4.74 Å². The summed E-state index contributed by atoms with van der Waals surface area (Å²) in [5, 5.41) is 0. The summed E-state index contributed by atoms with van der Waals surface area (Å²) in [5.41, 5.74) is 8.35. The van der Waals surface area contributed by atoms with Gasteiger partial charge in [-0.2, -0.15) is 0 Å². The molecule has 1 aromatic carbocycles. The van der Waals surface area contributed by atoms with E-state index in [4.69, 9.17) is 10.5 Å². The molecule has 72 valence electrons. The zero-order valence-corrected chi connectivity index (χ0v) is 10.0. The molecule has 3 heteroatoms. The normalized spacial score (nSPS) is 12.9. The molecule has 0 aliphatic carbocycles. The van der Waals surface area contributed by atoms with Crippen LogP contribution in [0.15, 0.2) is 18.2 Å². The van der Waals surface area contributed by atoms with Crippen LogP contribution in [0.3, 0.4) is 0 Å². The van der Waals surface area contributed by atoms with Crippen LogP contribution in [0.5, 0.6) is 0 Å². The van der Waals surface area contributed by atoms with Crippen LogP contribution in [-0.4, -0.2) is 13.7 Å². The van der Waals surface area contributed by atoms with Gasteiger partial charge in [0.1, 0.15) is 0 Å². The number of hydrogen-bond donors (Lipinski definition) is 1. The number of aryl methyl sites for hydroxylation is 1. The second kappa shape index (κ2) is 4.93. The first-order chi connectivity index (χ1) is 6.15. The van der Waals surface area contributed by atoms with Crippen molar-refractivity contribution in [1.82, 2.24) is 0 Å². The Labute approximate surface area is 92.6 Å². The number of rotatable bonds is 3. The third-order valence-corrected chi connectivity index (χ3v) is 2.88. The van der Waals surface area contributed by atoms with Gasteiger partial charge in [0, 0.05) is 10.7 Å². The minimum absolute atomic E-state index is 0.0169. The molecular weight excluding hydrogens is 277 g/mol. The third-order valence-electron chi connectivity index (χ3n) is 1.90. The molecule has 0 aliphatic rings. The van der Waals surface area contributed by atoms with Crippen molar-refractivity contribution in [1.29, 1.82) is 0 Å². The second-order valence-corrected chi connectivity index (χ2v) is 4.25. The van der Waals surface area contributed by atoms with E-state index in [1.165, 1.54) is 14.7 Å². The van der Waals surface area contributed by atoms with Gasteiger partial charge in [0.15, 0.2) is 0 Å². The SMILES string of the molecule is COCC(N)c1cc(C)ccc1I. The lowest BCUT2D eigenvalue weighted by atomic mass is 10.1. The van der Waals surface area contributed by atoms with Crippen molar-refractivity contribution in [3.05, 3.63) is 32.9 Å². The van der Waals surface area contributed by atoms with E-state index in [0.717, 1.165) is 0 Å². The monoisotopic (exact) mass is 291 g/mol. The topological polar surface area (TPSA) is 35.2 Å². The Morgan fingerprint density at radius 2 is 2.23 bits per heavy atom. The summed E-state index contributed by atoms with van der Waals surface area (Å²) in [4.78, 5) is 0. The van der Waals surface area contributed by atoms with Crippen molar-refractivity contribution in [2.75, 3.05) is 13.7 Å². The van der Waals surface area contributed by atoms with Crippen LogP contribution in [0.25, 0.3) is 0 Å². The van der Waals surface area contributed by atoms with Gasteiger partial charge in [-0.25, -0.2) is 0 Å². The summed E-state index contributed by atoms with van der Waals surface area (Å²) in [7, 11) is 1.67. The van der Waals surface area contributed by atoms with Crippen molar-refractivity contribution in [2.24, 2.45) is 5.73 Å². The zero-order chi connectivity index (χ0) is 9.84. The molecular formula is C10H14INO. The molecule has 0 saturated heterocycles. The predicted octanol–water partition coefficient (Wildman–Crippen LogP) is 2.25.